The molecule has 0 aliphatic rings. The van der Waals surface area contributed by atoms with E-state index >= 15 is 0 Å². The lowest BCUT2D eigenvalue weighted by atomic mass is 9.96. The number of benzene rings is 1. The molecule has 0 aliphatic heterocycles. The van der Waals surface area contributed by atoms with Gasteiger partial charge in [0.2, 0.25) is 11.8 Å². The predicted octanol–water partition coefficient (Wildman–Crippen LogP) is 5.96. The van der Waals surface area contributed by atoms with E-state index < -0.39 is 23.8 Å². The Bertz CT molecular complexity index is 932. The van der Waals surface area contributed by atoms with E-state index in [0.717, 1.165) is 19.3 Å². The minimum absolute atomic E-state index is 0.124. The number of unbranched alkanes of at least 4 members (excludes halogenated alkanes) is 1. The number of aromatic hydroxyl groups is 1. The molecule has 1 rings (SSSR count). The zero-order chi connectivity index (χ0) is 29.8. The van der Waals surface area contributed by atoms with Gasteiger partial charge in [-0.2, -0.15) is 11.8 Å². The third-order valence-corrected chi connectivity index (χ3v) is 7.03. The molecule has 9 heteroatoms. The Morgan fingerprint density at radius 3 is 2.31 bits per heavy atom. The number of nitrogens with one attached hydrogen (secondary N) is 2. The number of phenolic OH excluding ortho intramolecular Hbond substituents is 1. The zero-order valence-electron chi connectivity index (χ0n) is 25.4. The van der Waals surface area contributed by atoms with Crippen LogP contribution in [0.3, 0.4) is 0 Å². The Morgan fingerprint density at radius 1 is 1.10 bits per heavy atom. The monoisotopic (exact) mass is 565 g/mol. The number of hydrogen-bond donors (Lipinski definition) is 3. The maximum Gasteiger partial charge on any atom is 0.408 e. The van der Waals surface area contributed by atoms with Gasteiger partial charge in [-0.25, -0.2) is 4.79 Å². The number of amides is 3. The first-order valence-corrected chi connectivity index (χ1v) is 15.5. The summed E-state index contributed by atoms with van der Waals surface area (Å²) >= 11 is 1.58. The lowest BCUT2D eigenvalue weighted by molar-refractivity contribution is -0.145. The molecule has 3 amide bonds. The van der Waals surface area contributed by atoms with E-state index in [2.05, 4.69) is 31.4 Å². The number of carbonyl (C=O) groups is 3. The van der Waals surface area contributed by atoms with Crippen molar-refractivity contribution in [2.75, 3.05) is 18.6 Å². The third-order valence-electron chi connectivity index (χ3n) is 6.38. The highest BCUT2D eigenvalue weighted by Crippen LogP contribution is 2.30. The summed E-state index contributed by atoms with van der Waals surface area (Å²) < 4.78 is 5.47. The van der Waals surface area contributed by atoms with Crippen molar-refractivity contribution in [2.45, 2.75) is 111 Å². The molecule has 39 heavy (non-hydrogen) atoms. The van der Waals surface area contributed by atoms with E-state index in [0.29, 0.717) is 42.2 Å². The van der Waals surface area contributed by atoms with Gasteiger partial charge in [-0.3, -0.25) is 9.59 Å². The second kappa shape index (κ2) is 16.6. The first-order valence-electron chi connectivity index (χ1n) is 14.1. The van der Waals surface area contributed by atoms with Gasteiger partial charge in [0.05, 0.1) is 0 Å². The smallest absolute Gasteiger partial charge is 0.408 e. The summed E-state index contributed by atoms with van der Waals surface area (Å²) in [6, 6.07) is 2.94. The highest BCUT2D eigenvalue weighted by Gasteiger charge is 2.38. The molecule has 0 spiro atoms. The summed E-state index contributed by atoms with van der Waals surface area (Å²) in [5.41, 5.74) is 0.518. The largest absolute Gasteiger partial charge is 0.508 e. The second-order valence-corrected chi connectivity index (χ2v) is 12.6. The van der Waals surface area contributed by atoms with Crippen LogP contribution in [0, 0.1) is 12.8 Å². The SMILES string of the molecule is CCCCNC(=O)C(c1ccc(O)c(C)c1)N(C(=O)C(CCSC)NC(=O)OC(C)(C)C)C(C)CCC(C)C. The van der Waals surface area contributed by atoms with Crippen LogP contribution in [0.2, 0.25) is 0 Å². The van der Waals surface area contributed by atoms with E-state index in [1.165, 1.54) is 0 Å². The van der Waals surface area contributed by atoms with E-state index in [1.54, 1.807) is 62.6 Å². The maximum atomic E-state index is 14.4. The molecule has 1 aromatic carbocycles. The number of ether oxygens (including phenoxy) is 1. The quantitative estimate of drug-likeness (QED) is 0.227. The van der Waals surface area contributed by atoms with Crippen LogP contribution in [0.4, 0.5) is 4.79 Å². The lowest BCUT2D eigenvalue weighted by Crippen LogP contribution is -2.55. The molecule has 0 aliphatic carbocycles. The maximum absolute atomic E-state index is 14.4. The van der Waals surface area contributed by atoms with Gasteiger partial charge in [0.1, 0.15) is 23.4 Å². The summed E-state index contributed by atoms with van der Waals surface area (Å²) in [6.45, 7) is 15.8. The van der Waals surface area contributed by atoms with Crippen molar-refractivity contribution in [2.24, 2.45) is 5.92 Å². The number of rotatable bonds is 15. The van der Waals surface area contributed by atoms with Crippen LogP contribution in [-0.4, -0.2) is 64.2 Å². The number of hydrogen-bond acceptors (Lipinski definition) is 6. The number of phenols is 1. The van der Waals surface area contributed by atoms with E-state index in [-0.39, 0.29) is 23.6 Å². The van der Waals surface area contributed by atoms with Gasteiger partial charge in [-0.1, -0.05) is 33.3 Å². The van der Waals surface area contributed by atoms with E-state index in [4.69, 9.17) is 4.74 Å². The summed E-state index contributed by atoms with van der Waals surface area (Å²) in [7, 11) is 0. The van der Waals surface area contributed by atoms with Gasteiger partial charge in [-0.05, 0) is 101 Å². The van der Waals surface area contributed by atoms with Crippen LogP contribution in [0.15, 0.2) is 18.2 Å². The average Bonchev–Trinajstić information content (AvgIpc) is 2.83. The van der Waals surface area contributed by atoms with Crippen molar-refractivity contribution < 1.29 is 24.2 Å². The van der Waals surface area contributed by atoms with Crippen LogP contribution in [0.5, 0.6) is 5.75 Å². The first kappa shape index (κ1) is 34.6. The molecule has 8 nitrogen and oxygen atoms in total. The Balaban J connectivity index is 3.61. The number of aryl methyl sites for hydroxylation is 1. The minimum atomic E-state index is -0.923. The second-order valence-electron chi connectivity index (χ2n) is 11.6. The predicted molar refractivity (Wildman–Crippen MR) is 160 cm³/mol. The van der Waals surface area contributed by atoms with Crippen molar-refractivity contribution in [1.29, 1.82) is 0 Å². The molecule has 0 aromatic heterocycles. The summed E-state index contributed by atoms with van der Waals surface area (Å²) in [4.78, 5) is 42.5. The molecule has 3 unspecified atom stereocenters. The van der Waals surface area contributed by atoms with Gasteiger partial charge < -0.3 is 25.4 Å². The van der Waals surface area contributed by atoms with Crippen LogP contribution < -0.4 is 10.6 Å². The van der Waals surface area contributed by atoms with Crippen LogP contribution in [0.1, 0.15) is 97.7 Å². The Hall–Kier alpha value is -2.42. The fraction of sp³-hybridized carbons (Fsp3) is 0.700. The highest BCUT2D eigenvalue weighted by molar-refractivity contribution is 7.98. The molecule has 3 N–H and O–H groups in total. The molecule has 0 heterocycles. The molecule has 0 bridgehead atoms. The summed E-state index contributed by atoms with van der Waals surface area (Å²) in [5.74, 6) is 0.585. The fourth-order valence-corrected chi connectivity index (χ4v) is 4.68. The molecule has 222 valence electrons. The van der Waals surface area contributed by atoms with Crippen molar-refractivity contribution in [3.05, 3.63) is 29.3 Å². The van der Waals surface area contributed by atoms with Gasteiger partial charge in [0.15, 0.2) is 0 Å². The molecular weight excluding hydrogens is 514 g/mol. The zero-order valence-corrected chi connectivity index (χ0v) is 26.2. The van der Waals surface area contributed by atoms with Crippen molar-refractivity contribution in [1.82, 2.24) is 15.5 Å². The molecule has 0 saturated carbocycles. The van der Waals surface area contributed by atoms with Crippen LogP contribution in [-0.2, 0) is 14.3 Å². The summed E-state index contributed by atoms with van der Waals surface area (Å²) in [5, 5.41) is 16.0. The number of thioether (sulfide) groups is 1. The summed E-state index contributed by atoms with van der Waals surface area (Å²) in [6.07, 6.45) is 4.99. The van der Waals surface area contributed by atoms with Gasteiger partial charge in [-0.15, -0.1) is 0 Å². The lowest BCUT2D eigenvalue weighted by Gasteiger charge is -2.39. The van der Waals surface area contributed by atoms with Gasteiger partial charge in [0.25, 0.3) is 0 Å². The Labute approximate surface area is 240 Å². The number of carbonyl (C=O) groups excluding carboxylic acids is 3. The first-order chi connectivity index (χ1) is 18.2. The molecule has 1 aromatic rings. The van der Waals surface area contributed by atoms with E-state index in [1.807, 2.05) is 13.2 Å². The molecule has 0 saturated heterocycles. The molecule has 3 atom stereocenters. The molecular formula is C30H51N3O5S. The van der Waals surface area contributed by atoms with Crippen molar-refractivity contribution >= 4 is 29.7 Å². The highest BCUT2D eigenvalue weighted by atomic mass is 32.2. The fourth-order valence-electron chi connectivity index (χ4n) is 4.21. The normalized spacial score (nSPS) is 13.9. The number of alkyl carbamates (subject to hydrolysis) is 1. The molecule has 0 fully saturated rings. The van der Waals surface area contributed by atoms with E-state index in [9.17, 15) is 19.5 Å². The van der Waals surface area contributed by atoms with Crippen LogP contribution in [0.25, 0.3) is 0 Å². The number of nitrogens with zero attached hydrogens (tertiary/aromatic N) is 1. The van der Waals surface area contributed by atoms with Crippen molar-refractivity contribution in [3.8, 4) is 5.75 Å². The molecule has 0 radical (unpaired) electrons. The standard InChI is InChI=1S/C30H51N3O5S/c1-10-11-17-31-27(35)26(23-14-15-25(34)21(4)19-23)33(22(5)13-12-20(2)3)28(36)24(16-18-39-9)32-29(37)38-30(6,7)8/h14-15,19-20,22,24,26,34H,10-13,16-18H2,1-9H3,(H,31,35)(H,32,37). The third kappa shape index (κ3) is 12.1. The Morgan fingerprint density at radius 2 is 1.77 bits per heavy atom. The van der Waals surface area contributed by atoms with Gasteiger partial charge in [0, 0.05) is 12.6 Å². The van der Waals surface area contributed by atoms with Gasteiger partial charge >= 0.3 is 6.09 Å². The average molecular weight is 566 g/mol. The van der Waals surface area contributed by atoms with Crippen molar-refractivity contribution in [3.63, 3.8) is 0 Å². The minimum Gasteiger partial charge on any atom is -0.508 e. The Kier molecular flexibility index (Phi) is 14.8. The van der Waals surface area contributed by atoms with Crippen LogP contribution >= 0.6 is 11.8 Å². The topological polar surface area (TPSA) is 108 Å².